The van der Waals surface area contributed by atoms with Crippen molar-refractivity contribution < 1.29 is 14.5 Å². The molecule has 7 nitrogen and oxygen atoms in total. The number of hydrogen-bond donors (Lipinski definition) is 1. The molecule has 1 aromatic carbocycles. The summed E-state index contributed by atoms with van der Waals surface area (Å²) in [6.07, 6.45) is 1.98. The van der Waals surface area contributed by atoms with Gasteiger partial charge in [-0.2, -0.15) is 5.26 Å². The highest BCUT2D eigenvalue weighted by Crippen LogP contribution is 2.44. The van der Waals surface area contributed by atoms with Crippen LogP contribution in [0.25, 0.3) is 0 Å². The summed E-state index contributed by atoms with van der Waals surface area (Å²) < 4.78 is 5.61. The van der Waals surface area contributed by atoms with Gasteiger partial charge in [-0.05, 0) is 55.2 Å². The van der Waals surface area contributed by atoms with Crippen LogP contribution in [-0.4, -0.2) is 16.9 Å². The SMILES string of the molecule is CC(Oc1ccc([N+](=O)[O-])cc1)C(=O)Nc1sc2c(c1C#N)CCC(C(C)(C)C)C2. The number of benzene rings is 1. The first kappa shape index (κ1) is 21.8. The number of nitrogens with one attached hydrogen (secondary N) is 1. The van der Waals surface area contributed by atoms with Crippen molar-refractivity contribution in [3.05, 3.63) is 50.4 Å². The molecule has 30 heavy (non-hydrogen) atoms. The van der Waals surface area contributed by atoms with Crippen molar-refractivity contribution >= 4 is 27.9 Å². The first-order valence-electron chi connectivity index (χ1n) is 9.86. The molecule has 1 amide bonds. The number of fused-ring (bicyclic) bond motifs is 1. The van der Waals surface area contributed by atoms with Gasteiger partial charge in [0, 0.05) is 17.0 Å². The van der Waals surface area contributed by atoms with Crippen LogP contribution in [-0.2, 0) is 17.6 Å². The van der Waals surface area contributed by atoms with Crippen LogP contribution >= 0.6 is 11.3 Å². The molecule has 1 aliphatic carbocycles. The normalized spacial score (nSPS) is 16.8. The minimum Gasteiger partial charge on any atom is -0.481 e. The number of carbonyl (C=O) groups is 1. The van der Waals surface area contributed by atoms with E-state index in [1.54, 1.807) is 6.92 Å². The van der Waals surface area contributed by atoms with Gasteiger partial charge in [0.2, 0.25) is 0 Å². The molecule has 0 bridgehead atoms. The molecule has 2 unspecified atom stereocenters. The Hall–Kier alpha value is -2.92. The highest BCUT2D eigenvalue weighted by Gasteiger charge is 2.32. The van der Waals surface area contributed by atoms with Gasteiger partial charge in [-0.15, -0.1) is 11.3 Å². The Morgan fingerprint density at radius 2 is 2.03 bits per heavy atom. The van der Waals surface area contributed by atoms with Crippen molar-refractivity contribution in [2.24, 2.45) is 11.3 Å². The van der Waals surface area contributed by atoms with Crippen molar-refractivity contribution in [1.82, 2.24) is 0 Å². The highest BCUT2D eigenvalue weighted by molar-refractivity contribution is 7.16. The molecule has 1 heterocycles. The van der Waals surface area contributed by atoms with Gasteiger partial charge in [-0.1, -0.05) is 20.8 Å². The largest absolute Gasteiger partial charge is 0.481 e. The highest BCUT2D eigenvalue weighted by atomic mass is 32.1. The Morgan fingerprint density at radius 3 is 2.60 bits per heavy atom. The molecule has 2 atom stereocenters. The van der Waals surface area contributed by atoms with Gasteiger partial charge in [0.05, 0.1) is 10.5 Å². The summed E-state index contributed by atoms with van der Waals surface area (Å²) in [5, 5.41) is 23.8. The average Bonchev–Trinajstić information content (AvgIpc) is 3.03. The molecule has 0 spiro atoms. The van der Waals surface area contributed by atoms with Crippen LogP contribution in [0.3, 0.4) is 0 Å². The zero-order chi connectivity index (χ0) is 22.1. The summed E-state index contributed by atoms with van der Waals surface area (Å²) in [5.74, 6) is 0.543. The quantitative estimate of drug-likeness (QED) is 0.529. The second-order valence-electron chi connectivity index (χ2n) is 8.63. The van der Waals surface area contributed by atoms with Crippen molar-refractivity contribution in [3.63, 3.8) is 0 Å². The zero-order valence-corrected chi connectivity index (χ0v) is 18.3. The molecule has 0 aliphatic heterocycles. The lowest BCUT2D eigenvalue weighted by Gasteiger charge is -2.33. The van der Waals surface area contributed by atoms with E-state index >= 15 is 0 Å². The van der Waals surface area contributed by atoms with E-state index in [9.17, 15) is 20.2 Å². The summed E-state index contributed by atoms with van der Waals surface area (Å²) in [5.41, 5.74) is 1.77. The van der Waals surface area contributed by atoms with Gasteiger partial charge in [0.15, 0.2) is 6.10 Å². The topological polar surface area (TPSA) is 105 Å². The van der Waals surface area contributed by atoms with Gasteiger partial charge in [0.1, 0.15) is 16.8 Å². The van der Waals surface area contributed by atoms with E-state index in [2.05, 4.69) is 32.2 Å². The molecule has 2 aromatic rings. The molecule has 1 N–H and O–H groups in total. The van der Waals surface area contributed by atoms with E-state index in [1.807, 2.05) is 0 Å². The number of ether oxygens (including phenoxy) is 1. The van der Waals surface area contributed by atoms with E-state index in [4.69, 9.17) is 4.74 Å². The summed E-state index contributed by atoms with van der Waals surface area (Å²) in [6, 6.07) is 7.83. The predicted molar refractivity (Wildman–Crippen MR) is 116 cm³/mol. The van der Waals surface area contributed by atoms with E-state index in [1.165, 1.54) is 40.5 Å². The monoisotopic (exact) mass is 427 g/mol. The average molecular weight is 428 g/mol. The molecule has 3 rings (SSSR count). The fourth-order valence-electron chi connectivity index (χ4n) is 3.65. The molecule has 0 saturated carbocycles. The molecular weight excluding hydrogens is 402 g/mol. The minimum absolute atomic E-state index is 0.0455. The number of nitro benzene ring substituents is 1. The second kappa shape index (κ2) is 8.44. The third kappa shape index (κ3) is 4.62. The van der Waals surface area contributed by atoms with E-state index in [0.717, 1.165) is 24.8 Å². The molecule has 1 aliphatic rings. The summed E-state index contributed by atoms with van der Waals surface area (Å²) in [4.78, 5) is 24.1. The van der Waals surface area contributed by atoms with Crippen LogP contribution in [0.2, 0.25) is 0 Å². The Balaban J connectivity index is 1.71. The maximum Gasteiger partial charge on any atom is 0.269 e. The van der Waals surface area contributed by atoms with Crippen LogP contribution in [0.1, 0.15) is 50.1 Å². The molecule has 158 valence electrons. The van der Waals surface area contributed by atoms with Crippen LogP contribution in [0.15, 0.2) is 24.3 Å². The summed E-state index contributed by atoms with van der Waals surface area (Å²) in [6.45, 7) is 8.32. The van der Waals surface area contributed by atoms with Crippen LogP contribution in [0.4, 0.5) is 10.7 Å². The van der Waals surface area contributed by atoms with Gasteiger partial charge < -0.3 is 10.1 Å². The summed E-state index contributed by atoms with van der Waals surface area (Å²) >= 11 is 1.48. The van der Waals surface area contributed by atoms with Crippen molar-refractivity contribution in [3.8, 4) is 11.8 Å². The van der Waals surface area contributed by atoms with Crippen molar-refractivity contribution in [2.45, 2.75) is 53.1 Å². The van der Waals surface area contributed by atoms with E-state index in [-0.39, 0.29) is 17.0 Å². The first-order valence-corrected chi connectivity index (χ1v) is 10.7. The number of hydrogen-bond acceptors (Lipinski definition) is 6. The van der Waals surface area contributed by atoms with Gasteiger partial charge in [-0.25, -0.2) is 0 Å². The Labute approximate surface area is 179 Å². The smallest absolute Gasteiger partial charge is 0.269 e. The number of nitriles is 1. The lowest BCUT2D eigenvalue weighted by molar-refractivity contribution is -0.384. The first-order chi connectivity index (χ1) is 14.1. The molecule has 0 saturated heterocycles. The zero-order valence-electron chi connectivity index (χ0n) is 17.5. The standard InChI is InChI=1S/C22H25N3O4S/c1-13(29-16-8-6-15(7-9-16)25(27)28)20(26)24-21-18(12-23)17-10-5-14(22(2,3)4)11-19(17)30-21/h6-9,13-14H,5,10-11H2,1-4H3,(H,24,26). The number of rotatable bonds is 5. The minimum atomic E-state index is -0.820. The number of amides is 1. The Morgan fingerprint density at radius 1 is 1.37 bits per heavy atom. The summed E-state index contributed by atoms with van der Waals surface area (Å²) in [7, 11) is 0. The number of anilines is 1. The molecular formula is C22H25N3O4S. The third-order valence-corrected chi connectivity index (χ3v) is 6.74. The molecule has 0 fully saturated rings. The number of non-ortho nitro benzene ring substituents is 1. The van der Waals surface area contributed by atoms with E-state index < -0.39 is 11.0 Å². The second-order valence-corrected chi connectivity index (χ2v) is 9.73. The van der Waals surface area contributed by atoms with Gasteiger partial charge >= 0.3 is 0 Å². The molecule has 8 heteroatoms. The van der Waals surface area contributed by atoms with Crippen LogP contribution in [0.5, 0.6) is 5.75 Å². The maximum atomic E-state index is 12.6. The molecule has 1 aromatic heterocycles. The number of thiophene rings is 1. The number of nitro groups is 1. The van der Waals surface area contributed by atoms with Crippen LogP contribution in [0, 0.1) is 32.8 Å². The third-order valence-electron chi connectivity index (χ3n) is 5.57. The lowest BCUT2D eigenvalue weighted by atomic mass is 9.72. The number of nitrogens with zero attached hydrogens (tertiary/aromatic N) is 2. The predicted octanol–water partition coefficient (Wildman–Crippen LogP) is 5.08. The Kier molecular flexibility index (Phi) is 6.13. The maximum absolute atomic E-state index is 12.6. The molecule has 0 radical (unpaired) electrons. The Bertz CT molecular complexity index is 999. The van der Waals surface area contributed by atoms with Crippen molar-refractivity contribution in [2.75, 3.05) is 5.32 Å². The fraction of sp³-hybridized carbons (Fsp3) is 0.455. The van der Waals surface area contributed by atoms with E-state index in [0.29, 0.717) is 22.2 Å². The fourth-order valence-corrected chi connectivity index (χ4v) is 4.93. The van der Waals surface area contributed by atoms with Gasteiger partial charge in [0.25, 0.3) is 11.6 Å². The van der Waals surface area contributed by atoms with Crippen LogP contribution < -0.4 is 10.1 Å². The van der Waals surface area contributed by atoms with Crippen molar-refractivity contribution in [1.29, 1.82) is 5.26 Å². The lowest BCUT2D eigenvalue weighted by Crippen LogP contribution is -2.30. The van der Waals surface area contributed by atoms with Gasteiger partial charge in [-0.3, -0.25) is 14.9 Å². The number of carbonyl (C=O) groups excluding carboxylic acids is 1.